The van der Waals surface area contributed by atoms with E-state index in [1.165, 1.54) is 37.1 Å². The fourth-order valence-electron chi connectivity index (χ4n) is 3.19. The zero-order chi connectivity index (χ0) is 20.5. The number of carbonyl (C=O) groups excluding carboxylic acids is 1. The van der Waals surface area contributed by atoms with Crippen molar-refractivity contribution < 1.29 is 19.7 Å². The molecule has 0 radical (unpaired) electrons. The van der Waals surface area contributed by atoms with E-state index in [9.17, 15) is 9.90 Å². The highest BCUT2D eigenvalue weighted by atomic mass is 16.5. The lowest BCUT2D eigenvalue weighted by Gasteiger charge is -2.18. The van der Waals surface area contributed by atoms with Gasteiger partial charge in [0.2, 0.25) is 0 Å². The van der Waals surface area contributed by atoms with E-state index in [0.29, 0.717) is 11.6 Å². The Kier molecular flexibility index (Phi) is 8.22. The number of aromatic hydroxyl groups is 2. The first kappa shape index (κ1) is 21.7. The third-order valence-corrected chi connectivity index (χ3v) is 4.67. The molecule has 2 heterocycles. The normalized spacial score (nSPS) is 17.5. The van der Waals surface area contributed by atoms with Crippen LogP contribution in [0.3, 0.4) is 0 Å². The monoisotopic (exact) mass is 387 g/mol. The van der Waals surface area contributed by atoms with E-state index in [-0.39, 0.29) is 24.5 Å². The average Bonchev–Trinajstić information content (AvgIpc) is 3.12. The van der Waals surface area contributed by atoms with Crippen LogP contribution in [-0.2, 0) is 16.0 Å². The Morgan fingerprint density at radius 3 is 2.71 bits per heavy atom. The minimum atomic E-state index is -0.760. The molecule has 1 aliphatic heterocycles. The van der Waals surface area contributed by atoms with E-state index in [0.717, 1.165) is 0 Å². The van der Waals surface area contributed by atoms with Crippen LogP contribution in [0.5, 0.6) is 11.5 Å². The average molecular weight is 387 g/mol. The van der Waals surface area contributed by atoms with Crippen molar-refractivity contribution in [2.24, 2.45) is 5.73 Å². The maximum atomic E-state index is 11.2. The van der Waals surface area contributed by atoms with Crippen LogP contribution < -0.4 is 5.73 Å². The molecule has 1 aromatic heterocycles. The highest BCUT2D eigenvalue weighted by Gasteiger charge is 2.22. The Bertz CT molecular complexity index is 755. The topological polar surface area (TPSA) is 109 Å². The Hall–Kier alpha value is -2.64. The lowest BCUT2D eigenvalue weighted by molar-refractivity contribution is -0.144. The fraction of sp³-hybridized carbons (Fsp3) is 0.429. The fourth-order valence-corrected chi connectivity index (χ4v) is 3.19. The summed E-state index contributed by atoms with van der Waals surface area (Å²) >= 11 is 0. The molecule has 1 aliphatic rings. The summed E-state index contributed by atoms with van der Waals surface area (Å²) in [4.78, 5) is 17.8. The van der Waals surface area contributed by atoms with Gasteiger partial charge in [0.15, 0.2) is 11.5 Å². The third-order valence-electron chi connectivity index (χ3n) is 4.67. The summed E-state index contributed by atoms with van der Waals surface area (Å²) in [6.07, 6.45) is 6.66. The molecule has 152 valence electrons. The number of phenols is 2. The van der Waals surface area contributed by atoms with Gasteiger partial charge in [-0.25, -0.2) is 0 Å². The number of ether oxygens (including phenoxy) is 1. The van der Waals surface area contributed by atoms with Crippen LogP contribution >= 0.6 is 0 Å². The number of nitrogens with two attached hydrogens (primary N) is 1. The molecule has 1 fully saturated rings. The number of phenolic OH excluding ortho intramolecular Hbond substituents is 2. The quantitative estimate of drug-likeness (QED) is 0.534. The molecule has 0 amide bonds. The number of esters is 1. The Labute approximate surface area is 165 Å². The number of aromatic nitrogens is 1. The molecule has 7 nitrogen and oxygen atoms in total. The van der Waals surface area contributed by atoms with Crippen LogP contribution in [0, 0.1) is 0 Å². The summed E-state index contributed by atoms with van der Waals surface area (Å²) in [7, 11) is 2.19. The number of benzene rings is 1. The second-order valence-electron chi connectivity index (χ2n) is 6.81. The molecular formula is C21H29N3O4. The van der Waals surface area contributed by atoms with Gasteiger partial charge < -0.3 is 20.7 Å². The predicted octanol–water partition coefficient (Wildman–Crippen LogP) is 2.38. The molecule has 2 atom stereocenters. The first-order valence-electron chi connectivity index (χ1n) is 9.45. The van der Waals surface area contributed by atoms with Gasteiger partial charge in [0.1, 0.15) is 6.04 Å². The second kappa shape index (κ2) is 10.6. The van der Waals surface area contributed by atoms with Crippen LogP contribution in [0.25, 0.3) is 0 Å². The van der Waals surface area contributed by atoms with Crippen LogP contribution in [0.1, 0.15) is 36.9 Å². The smallest absolute Gasteiger partial charge is 0.323 e. The van der Waals surface area contributed by atoms with E-state index in [4.69, 9.17) is 15.6 Å². The summed E-state index contributed by atoms with van der Waals surface area (Å²) < 4.78 is 4.75. The molecule has 1 aromatic carbocycles. The van der Waals surface area contributed by atoms with Gasteiger partial charge >= 0.3 is 5.97 Å². The van der Waals surface area contributed by atoms with Crippen LogP contribution in [0.2, 0.25) is 0 Å². The Morgan fingerprint density at radius 1 is 1.36 bits per heavy atom. The molecule has 4 N–H and O–H groups in total. The first-order valence-corrected chi connectivity index (χ1v) is 9.45. The number of likely N-dealkylation sites (tertiary alicyclic amines) is 1. The number of rotatable bonds is 5. The molecule has 3 rings (SSSR count). The van der Waals surface area contributed by atoms with Crippen molar-refractivity contribution in [1.29, 1.82) is 0 Å². The molecule has 0 bridgehead atoms. The van der Waals surface area contributed by atoms with Gasteiger partial charge in [-0.1, -0.05) is 12.1 Å². The van der Waals surface area contributed by atoms with Gasteiger partial charge in [0.05, 0.1) is 6.61 Å². The van der Waals surface area contributed by atoms with E-state index >= 15 is 0 Å². The number of carbonyl (C=O) groups is 1. The molecule has 1 saturated heterocycles. The van der Waals surface area contributed by atoms with Gasteiger partial charge in [-0.3, -0.25) is 14.7 Å². The van der Waals surface area contributed by atoms with Gasteiger partial charge in [-0.2, -0.15) is 0 Å². The SMILES string of the molecule is CCOC(=O)[C@@H](N)Cc1ccc(O)c(O)c1.CN1CCC[C@H]1c1cccnc1. The summed E-state index contributed by atoms with van der Waals surface area (Å²) in [5.74, 6) is -0.905. The Morgan fingerprint density at radius 2 is 2.14 bits per heavy atom. The van der Waals surface area contributed by atoms with Crippen LogP contribution in [0.15, 0.2) is 42.7 Å². The molecular weight excluding hydrogens is 358 g/mol. The number of hydrogen-bond acceptors (Lipinski definition) is 7. The lowest BCUT2D eigenvalue weighted by atomic mass is 10.1. The minimum absolute atomic E-state index is 0.201. The maximum Gasteiger partial charge on any atom is 0.323 e. The van der Waals surface area contributed by atoms with Crippen LogP contribution in [-0.4, -0.2) is 52.3 Å². The van der Waals surface area contributed by atoms with Gasteiger partial charge in [-0.15, -0.1) is 0 Å². The highest BCUT2D eigenvalue weighted by molar-refractivity contribution is 5.75. The van der Waals surface area contributed by atoms with Crippen molar-refractivity contribution in [3.63, 3.8) is 0 Å². The largest absolute Gasteiger partial charge is 0.504 e. The summed E-state index contributed by atoms with van der Waals surface area (Å²) in [5, 5.41) is 18.3. The van der Waals surface area contributed by atoms with E-state index < -0.39 is 12.0 Å². The maximum absolute atomic E-state index is 11.2. The second-order valence-corrected chi connectivity index (χ2v) is 6.81. The molecule has 7 heteroatoms. The standard InChI is InChI=1S/C11H15NO4.C10H14N2/c1-2-16-11(15)8(12)5-7-3-4-9(13)10(14)6-7;1-12-7-3-5-10(12)9-4-2-6-11-8-9/h3-4,6,8,13-14H,2,5,12H2,1H3;2,4,6,8,10H,3,5,7H2,1H3/t8-;10-/m00/s1. The van der Waals surface area contributed by atoms with Crippen molar-refractivity contribution >= 4 is 5.97 Å². The van der Waals surface area contributed by atoms with Crippen molar-refractivity contribution in [3.8, 4) is 11.5 Å². The van der Waals surface area contributed by atoms with Crippen molar-refractivity contribution in [3.05, 3.63) is 53.9 Å². The molecule has 0 aliphatic carbocycles. The van der Waals surface area contributed by atoms with Gasteiger partial charge in [0.25, 0.3) is 0 Å². The zero-order valence-electron chi connectivity index (χ0n) is 16.4. The first-order chi connectivity index (χ1) is 13.4. The zero-order valence-corrected chi connectivity index (χ0v) is 16.4. The minimum Gasteiger partial charge on any atom is -0.504 e. The van der Waals surface area contributed by atoms with E-state index in [2.05, 4.69) is 23.0 Å². The van der Waals surface area contributed by atoms with Crippen molar-refractivity contribution in [1.82, 2.24) is 9.88 Å². The van der Waals surface area contributed by atoms with E-state index in [1.54, 1.807) is 13.0 Å². The number of hydrogen-bond donors (Lipinski definition) is 3. The highest BCUT2D eigenvalue weighted by Crippen LogP contribution is 2.29. The molecule has 0 saturated carbocycles. The lowest BCUT2D eigenvalue weighted by Crippen LogP contribution is -2.34. The Balaban J connectivity index is 0.000000207. The van der Waals surface area contributed by atoms with Crippen LogP contribution in [0.4, 0.5) is 0 Å². The van der Waals surface area contributed by atoms with Gasteiger partial charge in [0, 0.05) is 18.4 Å². The van der Waals surface area contributed by atoms with Gasteiger partial charge in [-0.05, 0) is 69.1 Å². The van der Waals surface area contributed by atoms with Crippen molar-refractivity contribution in [2.75, 3.05) is 20.2 Å². The molecule has 0 spiro atoms. The molecule has 2 aromatic rings. The van der Waals surface area contributed by atoms with E-state index in [1.807, 2.05) is 18.5 Å². The molecule has 28 heavy (non-hydrogen) atoms. The summed E-state index contributed by atoms with van der Waals surface area (Å²) in [5.41, 5.74) is 7.63. The summed E-state index contributed by atoms with van der Waals surface area (Å²) in [6.45, 7) is 3.21. The summed E-state index contributed by atoms with van der Waals surface area (Å²) in [6, 6.07) is 8.34. The molecule has 0 unspecified atom stereocenters. The predicted molar refractivity (Wildman–Crippen MR) is 107 cm³/mol. The third kappa shape index (κ3) is 6.21. The number of pyridine rings is 1. The number of nitrogens with zero attached hydrogens (tertiary/aromatic N) is 2. The van der Waals surface area contributed by atoms with Crippen molar-refractivity contribution in [2.45, 2.75) is 38.3 Å².